The van der Waals surface area contributed by atoms with Crippen LogP contribution in [0.25, 0.3) is 0 Å². The third kappa shape index (κ3) is 3.45. The molecule has 2 aromatic rings. The summed E-state index contributed by atoms with van der Waals surface area (Å²) in [5, 5.41) is 10.9. The molecule has 0 saturated heterocycles. The molecular weight excluding hydrogens is 240 g/mol. The molecule has 0 fully saturated rings. The highest BCUT2D eigenvalue weighted by atomic mass is 32.2. The number of aromatic amines is 1. The molecule has 8 heteroatoms. The van der Waals surface area contributed by atoms with Crippen LogP contribution in [0.1, 0.15) is 25.6 Å². The standard InChI is InChI=1S/C9H14N6OS/c1-5(2)3-7-11-6(15-16-7)4-17-9-12-8(10)13-14-9/h5H,3-4H2,1-2H3,(H3,10,12,13,14). The van der Waals surface area contributed by atoms with Crippen molar-refractivity contribution < 1.29 is 4.52 Å². The molecule has 17 heavy (non-hydrogen) atoms. The van der Waals surface area contributed by atoms with Crippen molar-refractivity contribution in [1.82, 2.24) is 25.3 Å². The highest BCUT2D eigenvalue weighted by Crippen LogP contribution is 2.18. The first-order valence-electron chi connectivity index (χ1n) is 5.25. The summed E-state index contributed by atoms with van der Waals surface area (Å²) in [5.74, 6) is 2.70. The summed E-state index contributed by atoms with van der Waals surface area (Å²) >= 11 is 1.41. The number of H-pyrrole nitrogens is 1. The van der Waals surface area contributed by atoms with E-state index >= 15 is 0 Å². The summed E-state index contributed by atoms with van der Waals surface area (Å²) in [7, 11) is 0. The molecule has 0 amide bonds. The third-order valence-electron chi connectivity index (χ3n) is 1.91. The van der Waals surface area contributed by atoms with E-state index in [2.05, 4.69) is 39.2 Å². The van der Waals surface area contributed by atoms with Crippen molar-refractivity contribution in [3.63, 3.8) is 0 Å². The number of nitrogen functional groups attached to an aromatic ring is 1. The van der Waals surface area contributed by atoms with Crippen LogP contribution in [-0.4, -0.2) is 25.3 Å². The van der Waals surface area contributed by atoms with Crippen molar-refractivity contribution in [2.24, 2.45) is 5.92 Å². The Balaban J connectivity index is 1.89. The zero-order valence-electron chi connectivity index (χ0n) is 9.67. The molecule has 2 rings (SSSR count). The third-order valence-corrected chi connectivity index (χ3v) is 2.75. The number of nitrogens with two attached hydrogens (primary N) is 1. The molecule has 92 valence electrons. The van der Waals surface area contributed by atoms with Gasteiger partial charge in [0.2, 0.25) is 17.0 Å². The number of thioether (sulfide) groups is 1. The van der Waals surface area contributed by atoms with Gasteiger partial charge in [0.15, 0.2) is 5.82 Å². The Morgan fingerprint density at radius 3 is 2.88 bits per heavy atom. The van der Waals surface area contributed by atoms with E-state index in [1.165, 1.54) is 11.8 Å². The molecule has 2 heterocycles. The zero-order valence-corrected chi connectivity index (χ0v) is 10.5. The van der Waals surface area contributed by atoms with Gasteiger partial charge in [-0.2, -0.15) is 9.97 Å². The molecule has 2 aromatic heterocycles. The quantitative estimate of drug-likeness (QED) is 0.773. The van der Waals surface area contributed by atoms with Crippen molar-refractivity contribution in [1.29, 1.82) is 0 Å². The summed E-state index contributed by atoms with van der Waals surface area (Å²) in [4.78, 5) is 8.25. The lowest BCUT2D eigenvalue weighted by molar-refractivity contribution is 0.360. The van der Waals surface area contributed by atoms with Crippen molar-refractivity contribution in [2.75, 3.05) is 5.73 Å². The molecule has 0 saturated carbocycles. The van der Waals surface area contributed by atoms with Gasteiger partial charge in [-0.3, -0.25) is 0 Å². The van der Waals surface area contributed by atoms with Crippen LogP contribution in [0, 0.1) is 5.92 Å². The van der Waals surface area contributed by atoms with Crippen LogP contribution in [0.3, 0.4) is 0 Å². The molecule has 7 nitrogen and oxygen atoms in total. The van der Waals surface area contributed by atoms with E-state index in [9.17, 15) is 0 Å². The second-order valence-electron chi connectivity index (χ2n) is 3.99. The van der Waals surface area contributed by atoms with Crippen LogP contribution in [0.2, 0.25) is 0 Å². The molecule has 0 unspecified atom stereocenters. The average molecular weight is 254 g/mol. The van der Waals surface area contributed by atoms with E-state index in [1.54, 1.807) is 0 Å². The fraction of sp³-hybridized carbons (Fsp3) is 0.556. The summed E-state index contributed by atoms with van der Waals surface area (Å²) in [6.07, 6.45) is 0.797. The molecule has 0 atom stereocenters. The van der Waals surface area contributed by atoms with Gasteiger partial charge < -0.3 is 10.3 Å². The highest BCUT2D eigenvalue weighted by Gasteiger charge is 2.09. The van der Waals surface area contributed by atoms with Crippen LogP contribution < -0.4 is 5.73 Å². The number of anilines is 1. The van der Waals surface area contributed by atoms with Crippen molar-refractivity contribution >= 4 is 17.7 Å². The largest absolute Gasteiger partial charge is 0.368 e. The summed E-state index contributed by atoms with van der Waals surface area (Å²) in [5.41, 5.74) is 5.41. The van der Waals surface area contributed by atoms with Crippen LogP contribution in [0.5, 0.6) is 0 Å². The van der Waals surface area contributed by atoms with Gasteiger partial charge in [-0.15, -0.1) is 5.10 Å². The number of rotatable bonds is 5. The van der Waals surface area contributed by atoms with Gasteiger partial charge >= 0.3 is 0 Å². The SMILES string of the molecule is CC(C)Cc1nc(CSc2n[nH]c(N)n2)no1. The molecule has 0 aliphatic rings. The lowest BCUT2D eigenvalue weighted by atomic mass is 10.1. The van der Waals surface area contributed by atoms with Gasteiger partial charge in [-0.05, 0) is 5.92 Å². The number of hydrogen-bond donors (Lipinski definition) is 2. The Bertz CT molecular complexity index is 479. The van der Waals surface area contributed by atoms with Crippen molar-refractivity contribution in [3.05, 3.63) is 11.7 Å². The fourth-order valence-corrected chi connectivity index (χ4v) is 1.88. The lowest BCUT2D eigenvalue weighted by Gasteiger charge is -1.95. The second kappa shape index (κ2) is 5.17. The van der Waals surface area contributed by atoms with Gasteiger partial charge in [-0.25, -0.2) is 5.10 Å². The number of nitrogens with one attached hydrogen (secondary N) is 1. The topological polar surface area (TPSA) is 107 Å². The molecule has 0 aliphatic carbocycles. The highest BCUT2D eigenvalue weighted by molar-refractivity contribution is 7.98. The molecule has 0 spiro atoms. The average Bonchev–Trinajstić information content (AvgIpc) is 2.84. The Labute approximate surface area is 103 Å². The van der Waals surface area contributed by atoms with Gasteiger partial charge in [0.05, 0.1) is 5.75 Å². The zero-order chi connectivity index (χ0) is 12.3. The van der Waals surface area contributed by atoms with Gasteiger partial charge in [0.25, 0.3) is 0 Å². The minimum atomic E-state index is 0.307. The number of hydrogen-bond acceptors (Lipinski definition) is 7. The Morgan fingerprint density at radius 1 is 1.41 bits per heavy atom. The number of nitrogens with zero attached hydrogens (tertiary/aromatic N) is 4. The summed E-state index contributed by atoms with van der Waals surface area (Å²) < 4.78 is 5.12. The smallest absolute Gasteiger partial charge is 0.226 e. The van der Waals surface area contributed by atoms with Crippen LogP contribution in [-0.2, 0) is 12.2 Å². The Morgan fingerprint density at radius 2 is 2.24 bits per heavy atom. The second-order valence-corrected chi connectivity index (χ2v) is 4.94. The Hall–Kier alpha value is -1.57. The van der Waals surface area contributed by atoms with Crippen LogP contribution >= 0.6 is 11.8 Å². The monoisotopic (exact) mass is 254 g/mol. The van der Waals surface area contributed by atoms with E-state index in [4.69, 9.17) is 10.3 Å². The van der Waals surface area contributed by atoms with Crippen LogP contribution in [0.4, 0.5) is 5.95 Å². The minimum absolute atomic E-state index is 0.307. The predicted octanol–water partition coefficient (Wildman–Crippen LogP) is 1.26. The maximum Gasteiger partial charge on any atom is 0.226 e. The van der Waals surface area contributed by atoms with E-state index in [-0.39, 0.29) is 0 Å². The molecule has 0 bridgehead atoms. The van der Waals surface area contributed by atoms with E-state index in [0.29, 0.717) is 34.5 Å². The molecule has 0 aromatic carbocycles. The maximum atomic E-state index is 5.41. The van der Waals surface area contributed by atoms with E-state index < -0.39 is 0 Å². The number of aromatic nitrogens is 5. The van der Waals surface area contributed by atoms with Crippen LogP contribution in [0.15, 0.2) is 9.68 Å². The van der Waals surface area contributed by atoms with Gasteiger partial charge in [0.1, 0.15) is 0 Å². The van der Waals surface area contributed by atoms with Gasteiger partial charge in [-0.1, -0.05) is 30.8 Å². The van der Waals surface area contributed by atoms with E-state index in [1.807, 2.05) is 0 Å². The van der Waals surface area contributed by atoms with E-state index in [0.717, 1.165) is 6.42 Å². The summed E-state index contributed by atoms with van der Waals surface area (Å²) in [6.45, 7) is 4.21. The normalized spacial score (nSPS) is 11.2. The summed E-state index contributed by atoms with van der Waals surface area (Å²) in [6, 6.07) is 0. The molecule has 0 radical (unpaired) electrons. The first kappa shape index (κ1) is 11.9. The molecular formula is C9H14N6OS. The fourth-order valence-electron chi connectivity index (χ4n) is 1.23. The minimum Gasteiger partial charge on any atom is -0.368 e. The first-order valence-corrected chi connectivity index (χ1v) is 6.24. The molecule has 3 N–H and O–H groups in total. The van der Waals surface area contributed by atoms with Crippen molar-refractivity contribution in [2.45, 2.75) is 31.2 Å². The Kier molecular flexibility index (Phi) is 3.62. The van der Waals surface area contributed by atoms with Gasteiger partial charge in [0, 0.05) is 6.42 Å². The van der Waals surface area contributed by atoms with Crippen molar-refractivity contribution in [3.8, 4) is 0 Å². The maximum absolute atomic E-state index is 5.41. The predicted molar refractivity (Wildman–Crippen MR) is 63.2 cm³/mol. The molecule has 0 aliphatic heterocycles. The first-order chi connectivity index (χ1) is 8.13. The lowest BCUT2D eigenvalue weighted by Crippen LogP contribution is -1.94.